The van der Waals surface area contributed by atoms with E-state index in [0.29, 0.717) is 15.9 Å². The van der Waals surface area contributed by atoms with Gasteiger partial charge in [0.1, 0.15) is 0 Å². The van der Waals surface area contributed by atoms with Crippen LogP contribution in [0.15, 0.2) is 34.3 Å². The van der Waals surface area contributed by atoms with Crippen molar-refractivity contribution in [1.82, 2.24) is 0 Å². The number of guanidine groups is 1. The Morgan fingerprint density at radius 2 is 2.00 bits per heavy atom. The molecule has 1 aromatic rings. The first-order chi connectivity index (χ1) is 7.13. The van der Waals surface area contributed by atoms with Crippen LogP contribution in [0.5, 0.6) is 0 Å². The van der Waals surface area contributed by atoms with Crippen LogP contribution in [0.4, 0.5) is 5.69 Å². The molecule has 0 saturated carbocycles. The van der Waals surface area contributed by atoms with Crippen LogP contribution in [0.25, 0.3) is 0 Å². The average Bonchev–Trinajstić information content (AvgIpc) is 2.21. The number of amidine groups is 1. The van der Waals surface area contributed by atoms with Gasteiger partial charge in [0.2, 0.25) is 5.96 Å². The van der Waals surface area contributed by atoms with Crippen LogP contribution in [0.1, 0.15) is 0 Å². The minimum Gasteiger partial charge on any atom is -0.378 e. The fraction of sp³-hybridized carbons (Fsp3) is 0.111. The van der Waals surface area contributed by atoms with Crippen LogP contribution in [0.3, 0.4) is 0 Å². The predicted molar refractivity (Wildman–Crippen MR) is 67.9 cm³/mol. The van der Waals surface area contributed by atoms with E-state index in [1.54, 1.807) is 12.1 Å². The largest absolute Gasteiger partial charge is 0.378 e. The second-order valence-electron chi connectivity index (χ2n) is 2.58. The third kappa shape index (κ3) is 3.81. The molecule has 0 radical (unpaired) electrons. The van der Waals surface area contributed by atoms with Gasteiger partial charge >= 0.3 is 0 Å². The number of nitrogens with two attached hydrogens (primary N) is 2. The van der Waals surface area contributed by atoms with Gasteiger partial charge in [0.15, 0.2) is 5.17 Å². The Kier molecular flexibility index (Phi) is 4.45. The summed E-state index contributed by atoms with van der Waals surface area (Å²) in [7, 11) is 0. The minimum absolute atomic E-state index is 0.0925. The first-order valence-corrected chi connectivity index (χ1v) is 5.70. The third-order valence-electron chi connectivity index (χ3n) is 1.52. The summed E-state index contributed by atoms with van der Waals surface area (Å²) in [6, 6.07) is 7.12. The highest BCUT2D eigenvalue weighted by Crippen LogP contribution is 2.23. The summed E-state index contributed by atoms with van der Waals surface area (Å²) in [6.07, 6.45) is 1.81. The van der Waals surface area contributed by atoms with Crippen molar-refractivity contribution in [3.63, 3.8) is 0 Å². The average molecular weight is 243 g/mol. The van der Waals surface area contributed by atoms with Crippen molar-refractivity contribution in [3.8, 4) is 0 Å². The first-order valence-electron chi connectivity index (χ1n) is 4.10. The molecule has 4 nitrogen and oxygen atoms in total. The lowest BCUT2D eigenvalue weighted by molar-refractivity contribution is 1.41. The molecule has 80 valence electrons. The second-order valence-corrected chi connectivity index (χ2v) is 3.81. The van der Waals surface area contributed by atoms with Crippen LogP contribution >= 0.6 is 23.4 Å². The Labute approximate surface area is 97.4 Å². The summed E-state index contributed by atoms with van der Waals surface area (Å²) >= 11 is 7.19. The van der Waals surface area contributed by atoms with E-state index in [2.05, 4.69) is 9.98 Å². The maximum absolute atomic E-state index is 5.89. The van der Waals surface area contributed by atoms with Gasteiger partial charge in [-0.3, -0.25) is 0 Å². The molecule has 6 heteroatoms. The van der Waals surface area contributed by atoms with Gasteiger partial charge < -0.3 is 11.5 Å². The van der Waals surface area contributed by atoms with Crippen LogP contribution in [0.2, 0.25) is 5.02 Å². The molecule has 0 fully saturated rings. The number of hydrogen-bond acceptors (Lipinski definition) is 2. The zero-order valence-corrected chi connectivity index (χ0v) is 9.72. The van der Waals surface area contributed by atoms with Crippen molar-refractivity contribution in [1.29, 1.82) is 0 Å². The van der Waals surface area contributed by atoms with Gasteiger partial charge in [0.05, 0.1) is 10.7 Å². The molecule has 15 heavy (non-hydrogen) atoms. The SMILES string of the molecule is CS/C(N)=N/C(N)=Nc1ccccc1Cl. The van der Waals surface area contributed by atoms with Gasteiger partial charge in [0.25, 0.3) is 0 Å². The van der Waals surface area contributed by atoms with Crippen molar-refractivity contribution in [2.45, 2.75) is 0 Å². The number of para-hydroxylation sites is 1. The second kappa shape index (κ2) is 5.63. The molecule has 0 bridgehead atoms. The van der Waals surface area contributed by atoms with Crippen molar-refractivity contribution in [2.24, 2.45) is 21.5 Å². The van der Waals surface area contributed by atoms with Crippen LogP contribution < -0.4 is 11.5 Å². The smallest absolute Gasteiger partial charge is 0.223 e. The number of thioether (sulfide) groups is 1. The van der Waals surface area contributed by atoms with Gasteiger partial charge in [-0.1, -0.05) is 35.5 Å². The summed E-state index contributed by atoms with van der Waals surface area (Å²) < 4.78 is 0. The monoisotopic (exact) mass is 242 g/mol. The molecule has 0 unspecified atom stereocenters. The minimum atomic E-state index is 0.0925. The highest BCUT2D eigenvalue weighted by Gasteiger charge is 1.97. The molecule has 0 amide bonds. The van der Waals surface area contributed by atoms with E-state index >= 15 is 0 Å². The Bertz CT molecular complexity index is 403. The topological polar surface area (TPSA) is 76.8 Å². The number of hydrogen-bond donors (Lipinski definition) is 2. The number of halogens is 1. The van der Waals surface area contributed by atoms with E-state index in [4.69, 9.17) is 23.1 Å². The number of nitrogens with zero attached hydrogens (tertiary/aromatic N) is 2. The Balaban J connectivity index is 2.93. The zero-order valence-electron chi connectivity index (χ0n) is 8.14. The quantitative estimate of drug-likeness (QED) is 0.584. The maximum atomic E-state index is 5.89. The molecule has 0 saturated heterocycles. The lowest BCUT2D eigenvalue weighted by Gasteiger charge is -1.98. The highest BCUT2D eigenvalue weighted by molar-refractivity contribution is 8.13. The van der Waals surface area contributed by atoms with Gasteiger partial charge in [-0.25, -0.2) is 4.99 Å². The van der Waals surface area contributed by atoms with E-state index in [-0.39, 0.29) is 5.96 Å². The summed E-state index contributed by atoms with van der Waals surface area (Å²) in [6.45, 7) is 0. The molecule has 1 aromatic carbocycles. The van der Waals surface area contributed by atoms with Gasteiger partial charge in [-0.05, 0) is 18.4 Å². The lowest BCUT2D eigenvalue weighted by Crippen LogP contribution is -2.15. The maximum Gasteiger partial charge on any atom is 0.223 e. The van der Waals surface area contributed by atoms with Crippen molar-refractivity contribution in [3.05, 3.63) is 29.3 Å². The van der Waals surface area contributed by atoms with Gasteiger partial charge in [-0.2, -0.15) is 4.99 Å². The molecule has 1 rings (SSSR count). The fourth-order valence-corrected chi connectivity index (χ4v) is 1.21. The highest BCUT2D eigenvalue weighted by atomic mass is 35.5. The van der Waals surface area contributed by atoms with E-state index in [1.165, 1.54) is 11.8 Å². The summed E-state index contributed by atoms with van der Waals surface area (Å²) in [5.74, 6) is 0.0925. The molecule has 0 aliphatic carbocycles. The van der Waals surface area contributed by atoms with Crippen molar-refractivity contribution < 1.29 is 0 Å². The molecular formula is C9H11ClN4S. The van der Waals surface area contributed by atoms with Crippen LogP contribution in [0, 0.1) is 0 Å². The van der Waals surface area contributed by atoms with Crippen LogP contribution in [-0.4, -0.2) is 17.4 Å². The van der Waals surface area contributed by atoms with E-state index in [0.717, 1.165) is 0 Å². The first kappa shape index (κ1) is 11.9. The summed E-state index contributed by atoms with van der Waals surface area (Å²) in [5, 5.41) is 0.890. The third-order valence-corrected chi connectivity index (χ3v) is 2.35. The van der Waals surface area contributed by atoms with Crippen LogP contribution in [-0.2, 0) is 0 Å². The van der Waals surface area contributed by atoms with E-state index < -0.39 is 0 Å². The molecule has 4 N–H and O–H groups in total. The molecule has 0 aliphatic rings. The molecule has 0 aliphatic heterocycles. The van der Waals surface area contributed by atoms with Gasteiger partial charge in [0, 0.05) is 0 Å². The van der Waals surface area contributed by atoms with E-state index in [1.807, 2.05) is 18.4 Å². The molecular weight excluding hydrogens is 232 g/mol. The predicted octanol–water partition coefficient (Wildman–Crippen LogP) is 1.96. The van der Waals surface area contributed by atoms with E-state index in [9.17, 15) is 0 Å². The molecule has 0 heterocycles. The summed E-state index contributed by atoms with van der Waals surface area (Å²) in [5.41, 5.74) is 11.6. The Morgan fingerprint density at radius 1 is 1.33 bits per heavy atom. The molecule has 0 spiro atoms. The number of benzene rings is 1. The Morgan fingerprint density at radius 3 is 2.60 bits per heavy atom. The standard InChI is InChI=1S/C9H11ClN4S/c1-15-9(12)14-8(11)13-7-5-3-2-4-6(7)10/h2-5H,1H3,(H4,11,12,13,14). The van der Waals surface area contributed by atoms with Gasteiger partial charge in [-0.15, -0.1) is 0 Å². The number of aliphatic imine (C=N–C) groups is 2. The fourth-order valence-electron chi connectivity index (χ4n) is 0.849. The summed E-state index contributed by atoms with van der Waals surface area (Å²) in [4.78, 5) is 7.89. The normalized spacial score (nSPS) is 12.9. The molecule has 0 aromatic heterocycles. The number of rotatable bonds is 1. The molecule has 0 atom stereocenters. The zero-order chi connectivity index (χ0) is 11.3. The Hall–Kier alpha value is -1.20. The lowest BCUT2D eigenvalue weighted by atomic mass is 10.3. The van der Waals surface area contributed by atoms with Crippen molar-refractivity contribution in [2.75, 3.05) is 6.26 Å². The van der Waals surface area contributed by atoms with Crippen molar-refractivity contribution >= 4 is 40.2 Å².